The van der Waals surface area contributed by atoms with Crippen LogP contribution in [0.5, 0.6) is 0 Å². The largest absolute Gasteiger partial charge is 0.338 e. The molecule has 0 aliphatic carbocycles. The Balaban J connectivity index is 1.79. The molecule has 1 aromatic carbocycles. The van der Waals surface area contributed by atoms with Gasteiger partial charge in [0, 0.05) is 37.4 Å². The quantitative estimate of drug-likeness (QED) is 0.912. The lowest BCUT2D eigenvalue weighted by Gasteiger charge is -2.35. The molecule has 2 aliphatic heterocycles. The highest BCUT2D eigenvalue weighted by molar-refractivity contribution is 5.98. The van der Waals surface area contributed by atoms with Gasteiger partial charge >= 0.3 is 6.03 Å². The molecule has 0 bridgehead atoms. The highest BCUT2D eigenvalue weighted by Crippen LogP contribution is 2.26. The number of hydrogen-bond acceptors (Lipinski definition) is 2. The number of urea groups is 1. The van der Waals surface area contributed by atoms with Gasteiger partial charge in [-0.25, -0.2) is 4.79 Å². The van der Waals surface area contributed by atoms with Crippen LogP contribution in [0.2, 0.25) is 0 Å². The maximum absolute atomic E-state index is 12.8. The first-order valence-corrected chi connectivity index (χ1v) is 8.41. The third-order valence-corrected chi connectivity index (χ3v) is 4.75. The number of carbonyl (C=O) groups excluding carboxylic acids is 2. The van der Waals surface area contributed by atoms with Crippen LogP contribution in [0.1, 0.15) is 36.2 Å². The number of amides is 3. The normalized spacial score (nSPS) is 24.7. The van der Waals surface area contributed by atoms with Gasteiger partial charge in [0.05, 0.1) is 0 Å². The van der Waals surface area contributed by atoms with E-state index in [1.165, 1.54) is 6.42 Å². The minimum absolute atomic E-state index is 0.0640. The van der Waals surface area contributed by atoms with E-state index in [1.54, 1.807) is 4.90 Å². The standard InChI is InChI=1S/C18H25N3O2/c1-12-8-13(2)11-20(10-12)17(22)15-4-5-16(14(3)9-15)21-7-6-19-18(21)23/h4-5,9,12-13H,6-8,10-11H2,1-3H3,(H,19,23)/t12-,13+. The van der Waals surface area contributed by atoms with Crippen LogP contribution in [0.4, 0.5) is 10.5 Å². The summed E-state index contributed by atoms with van der Waals surface area (Å²) in [5, 5.41) is 2.81. The molecule has 0 radical (unpaired) electrons. The Kier molecular flexibility index (Phi) is 4.28. The maximum Gasteiger partial charge on any atom is 0.322 e. The summed E-state index contributed by atoms with van der Waals surface area (Å²) in [7, 11) is 0. The molecule has 5 heteroatoms. The number of benzene rings is 1. The molecule has 2 fully saturated rings. The van der Waals surface area contributed by atoms with Crippen LogP contribution in [0.15, 0.2) is 18.2 Å². The topological polar surface area (TPSA) is 52.7 Å². The molecule has 2 heterocycles. The molecule has 2 atom stereocenters. The lowest BCUT2D eigenvalue weighted by Crippen LogP contribution is -2.42. The van der Waals surface area contributed by atoms with Gasteiger partial charge in [0.2, 0.25) is 0 Å². The third-order valence-electron chi connectivity index (χ3n) is 4.75. The van der Waals surface area contributed by atoms with Gasteiger partial charge in [-0.3, -0.25) is 9.69 Å². The maximum atomic E-state index is 12.8. The zero-order valence-electron chi connectivity index (χ0n) is 14.1. The van der Waals surface area contributed by atoms with Crippen LogP contribution in [0, 0.1) is 18.8 Å². The van der Waals surface area contributed by atoms with Crippen molar-refractivity contribution in [2.24, 2.45) is 11.8 Å². The molecular weight excluding hydrogens is 290 g/mol. The average molecular weight is 315 g/mol. The lowest BCUT2D eigenvalue weighted by atomic mass is 9.91. The number of nitrogens with zero attached hydrogens (tertiary/aromatic N) is 2. The van der Waals surface area contributed by atoms with E-state index in [0.717, 1.165) is 24.3 Å². The third kappa shape index (κ3) is 3.19. The summed E-state index contributed by atoms with van der Waals surface area (Å²) in [6, 6.07) is 5.59. The van der Waals surface area contributed by atoms with Crippen LogP contribution in [0.25, 0.3) is 0 Å². The molecule has 0 spiro atoms. The smallest absolute Gasteiger partial charge is 0.322 e. The van der Waals surface area contributed by atoms with Gasteiger partial charge in [-0.15, -0.1) is 0 Å². The first kappa shape index (κ1) is 15.8. The summed E-state index contributed by atoms with van der Waals surface area (Å²) in [5.74, 6) is 1.21. The fourth-order valence-corrected chi connectivity index (χ4v) is 3.80. The second-order valence-corrected chi connectivity index (χ2v) is 7.04. The minimum Gasteiger partial charge on any atom is -0.338 e. The molecule has 5 nitrogen and oxygen atoms in total. The van der Waals surface area contributed by atoms with E-state index >= 15 is 0 Å². The molecule has 124 valence electrons. The van der Waals surface area contributed by atoms with E-state index in [9.17, 15) is 9.59 Å². The Hall–Kier alpha value is -2.04. The molecule has 0 aromatic heterocycles. The number of likely N-dealkylation sites (tertiary alicyclic amines) is 1. The molecular formula is C18H25N3O2. The Morgan fingerprint density at radius 3 is 2.48 bits per heavy atom. The molecule has 23 heavy (non-hydrogen) atoms. The Labute approximate surface area is 137 Å². The van der Waals surface area contributed by atoms with E-state index in [-0.39, 0.29) is 11.9 Å². The van der Waals surface area contributed by atoms with Gasteiger partial charge in [-0.05, 0) is 48.9 Å². The predicted octanol–water partition coefficient (Wildman–Crippen LogP) is 2.64. The first-order chi connectivity index (χ1) is 11.0. The van der Waals surface area contributed by atoms with Crippen LogP contribution in [-0.2, 0) is 0 Å². The van der Waals surface area contributed by atoms with Crippen molar-refractivity contribution < 1.29 is 9.59 Å². The summed E-state index contributed by atoms with van der Waals surface area (Å²) in [5.41, 5.74) is 2.56. The number of aryl methyl sites for hydroxylation is 1. The second kappa shape index (κ2) is 6.22. The van der Waals surface area contributed by atoms with E-state index in [4.69, 9.17) is 0 Å². The number of nitrogens with one attached hydrogen (secondary N) is 1. The molecule has 0 unspecified atom stereocenters. The van der Waals surface area contributed by atoms with Gasteiger partial charge < -0.3 is 10.2 Å². The number of rotatable bonds is 2. The fourth-order valence-electron chi connectivity index (χ4n) is 3.80. The molecule has 3 rings (SSSR count). The molecule has 3 amide bonds. The molecule has 2 saturated heterocycles. The van der Waals surface area contributed by atoms with Crippen molar-refractivity contribution in [1.29, 1.82) is 0 Å². The number of hydrogen-bond donors (Lipinski definition) is 1. The van der Waals surface area contributed by atoms with Crippen molar-refractivity contribution in [3.63, 3.8) is 0 Å². The average Bonchev–Trinajstić information content (AvgIpc) is 2.91. The number of anilines is 1. The van der Waals surface area contributed by atoms with Crippen molar-refractivity contribution in [2.45, 2.75) is 27.2 Å². The van der Waals surface area contributed by atoms with Crippen molar-refractivity contribution in [3.05, 3.63) is 29.3 Å². The molecule has 1 aromatic rings. The van der Waals surface area contributed by atoms with E-state index < -0.39 is 0 Å². The summed E-state index contributed by atoms with van der Waals surface area (Å²) >= 11 is 0. The monoisotopic (exact) mass is 315 g/mol. The summed E-state index contributed by atoms with van der Waals surface area (Å²) in [4.78, 5) is 28.3. The fraction of sp³-hybridized carbons (Fsp3) is 0.556. The SMILES string of the molecule is Cc1cc(C(=O)N2C[C@H](C)C[C@H](C)C2)ccc1N1CCNC1=O. The van der Waals surface area contributed by atoms with Crippen molar-refractivity contribution in [3.8, 4) is 0 Å². The van der Waals surface area contributed by atoms with Gasteiger partial charge in [-0.1, -0.05) is 13.8 Å². The molecule has 0 saturated carbocycles. The van der Waals surface area contributed by atoms with Gasteiger partial charge in [0.25, 0.3) is 5.91 Å². The van der Waals surface area contributed by atoms with E-state index in [1.807, 2.05) is 30.0 Å². The zero-order chi connectivity index (χ0) is 16.6. The summed E-state index contributed by atoms with van der Waals surface area (Å²) in [6.07, 6.45) is 1.19. The second-order valence-electron chi connectivity index (χ2n) is 7.04. The number of piperidine rings is 1. The van der Waals surface area contributed by atoms with Gasteiger partial charge in [-0.2, -0.15) is 0 Å². The van der Waals surface area contributed by atoms with E-state index in [0.29, 0.717) is 30.5 Å². The summed E-state index contributed by atoms with van der Waals surface area (Å²) < 4.78 is 0. The molecule has 2 aliphatic rings. The minimum atomic E-state index is -0.0640. The van der Waals surface area contributed by atoms with Crippen molar-refractivity contribution >= 4 is 17.6 Å². The van der Waals surface area contributed by atoms with Crippen LogP contribution in [0.3, 0.4) is 0 Å². The van der Waals surface area contributed by atoms with Crippen LogP contribution >= 0.6 is 0 Å². The van der Waals surface area contributed by atoms with Gasteiger partial charge in [0.1, 0.15) is 0 Å². The van der Waals surface area contributed by atoms with Gasteiger partial charge in [0.15, 0.2) is 0 Å². The summed E-state index contributed by atoms with van der Waals surface area (Å²) in [6.45, 7) is 9.37. The lowest BCUT2D eigenvalue weighted by molar-refractivity contribution is 0.0623. The predicted molar refractivity (Wildman–Crippen MR) is 90.8 cm³/mol. The van der Waals surface area contributed by atoms with Crippen LogP contribution < -0.4 is 10.2 Å². The highest BCUT2D eigenvalue weighted by atomic mass is 16.2. The van der Waals surface area contributed by atoms with E-state index in [2.05, 4.69) is 19.2 Å². The first-order valence-electron chi connectivity index (χ1n) is 8.41. The Bertz CT molecular complexity index is 619. The van der Waals surface area contributed by atoms with Crippen molar-refractivity contribution in [1.82, 2.24) is 10.2 Å². The van der Waals surface area contributed by atoms with Crippen LogP contribution in [-0.4, -0.2) is 43.0 Å². The zero-order valence-corrected chi connectivity index (χ0v) is 14.1. The molecule has 1 N–H and O–H groups in total. The Morgan fingerprint density at radius 2 is 1.91 bits per heavy atom. The van der Waals surface area contributed by atoms with Crippen molar-refractivity contribution in [2.75, 3.05) is 31.1 Å². The number of carbonyl (C=O) groups is 2. The Morgan fingerprint density at radius 1 is 1.22 bits per heavy atom. The highest BCUT2D eigenvalue weighted by Gasteiger charge is 2.27.